The van der Waals surface area contributed by atoms with Gasteiger partial charge in [0.25, 0.3) is 0 Å². The Kier molecular flexibility index (Phi) is 6.37. The molecule has 96 valence electrons. The third-order valence-electron chi connectivity index (χ3n) is 3.76. The van der Waals surface area contributed by atoms with Crippen LogP contribution in [0.2, 0.25) is 0 Å². The molecular weight excluding hydrogens is 196 g/mol. The fraction of sp³-hybridized carbons (Fsp3) is 1.00. The van der Waals surface area contributed by atoms with Crippen LogP contribution in [0.25, 0.3) is 0 Å². The fourth-order valence-electron chi connectivity index (χ4n) is 2.37. The zero-order valence-corrected chi connectivity index (χ0v) is 11.6. The molecule has 0 amide bonds. The van der Waals surface area contributed by atoms with Crippen LogP contribution in [0.3, 0.4) is 0 Å². The van der Waals surface area contributed by atoms with Crippen LogP contribution < -0.4 is 5.32 Å². The van der Waals surface area contributed by atoms with Gasteiger partial charge in [-0.1, -0.05) is 27.2 Å². The van der Waals surface area contributed by atoms with E-state index < -0.39 is 0 Å². The molecule has 0 aromatic carbocycles. The standard InChI is InChI=1S/C14H30N2/c1-5-9-15-14(12(2)3)11-16(4)10-13-7-6-8-13/h12-15H,5-11H2,1-4H3. The lowest BCUT2D eigenvalue weighted by Gasteiger charge is -2.33. The SMILES string of the molecule is CCCNC(CN(C)CC1CCC1)C(C)C. The number of rotatable bonds is 8. The van der Waals surface area contributed by atoms with E-state index in [1.54, 1.807) is 0 Å². The van der Waals surface area contributed by atoms with Crippen molar-refractivity contribution in [3.05, 3.63) is 0 Å². The molecule has 1 atom stereocenters. The Morgan fingerprint density at radius 3 is 2.44 bits per heavy atom. The first-order chi connectivity index (χ1) is 7.63. The van der Waals surface area contributed by atoms with Crippen molar-refractivity contribution in [1.29, 1.82) is 0 Å². The predicted molar refractivity (Wildman–Crippen MR) is 71.8 cm³/mol. The van der Waals surface area contributed by atoms with Crippen LogP contribution in [-0.2, 0) is 0 Å². The lowest BCUT2D eigenvalue weighted by Crippen LogP contribution is -2.45. The van der Waals surface area contributed by atoms with Crippen molar-refractivity contribution in [2.24, 2.45) is 11.8 Å². The Morgan fingerprint density at radius 2 is 2.00 bits per heavy atom. The van der Waals surface area contributed by atoms with Crippen molar-refractivity contribution in [1.82, 2.24) is 10.2 Å². The fourth-order valence-corrected chi connectivity index (χ4v) is 2.37. The minimum absolute atomic E-state index is 0.657. The Morgan fingerprint density at radius 1 is 1.31 bits per heavy atom. The summed E-state index contributed by atoms with van der Waals surface area (Å²) in [6.45, 7) is 10.5. The van der Waals surface area contributed by atoms with Crippen molar-refractivity contribution in [2.45, 2.75) is 52.5 Å². The normalized spacial score (nSPS) is 19.1. The lowest BCUT2D eigenvalue weighted by atomic mass is 9.85. The van der Waals surface area contributed by atoms with Gasteiger partial charge in [-0.25, -0.2) is 0 Å². The number of nitrogens with zero attached hydrogens (tertiary/aromatic N) is 1. The largest absolute Gasteiger partial charge is 0.312 e. The molecule has 0 bridgehead atoms. The number of nitrogens with one attached hydrogen (secondary N) is 1. The van der Waals surface area contributed by atoms with Gasteiger partial charge in [-0.05, 0) is 44.7 Å². The molecule has 16 heavy (non-hydrogen) atoms. The summed E-state index contributed by atoms with van der Waals surface area (Å²) in [5, 5.41) is 3.67. The summed E-state index contributed by atoms with van der Waals surface area (Å²) >= 11 is 0. The summed E-state index contributed by atoms with van der Waals surface area (Å²) in [5.41, 5.74) is 0. The number of likely N-dealkylation sites (N-methyl/N-ethyl adjacent to an activating group) is 1. The molecule has 1 fully saturated rings. The zero-order chi connectivity index (χ0) is 12.0. The summed E-state index contributed by atoms with van der Waals surface area (Å²) in [5.74, 6) is 1.72. The first-order valence-corrected chi connectivity index (χ1v) is 7.05. The van der Waals surface area contributed by atoms with E-state index in [-0.39, 0.29) is 0 Å². The van der Waals surface area contributed by atoms with E-state index in [0.29, 0.717) is 6.04 Å². The van der Waals surface area contributed by atoms with Crippen molar-refractivity contribution in [2.75, 3.05) is 26.7 Å². The van der Waals surface area contributed by atoms with Crippen LogP contribution in [0.4, 0.5) is 0 Å². The maximum Gasteiger partial charge on any atom is 0.0217 e. The van der Waals surface area contributed by atoms with Crippen LogP contribution in [-0.4, -0.2) is 37.6 Å². The second kappa shape index (κ2) is 7.29. The average molecular weight is 226 g/mol. The van der Waals surface area contributed by atoms with Crippen LogP contribution in [0.1, 0.15) is 46.5 Å². The molecule has 1 N–H and O–H groups in total. The monoisotopic (exact) mass is 226 g/mol. The van der Waals surface area contributed by atoms with Crippen molar-refractivity contribution >= 4 is 0 Å². The zero-order valence-electron chi connectivity index (χ0n) is 11.6. The minimum Gasteiger partial charge on any atom is -0.312 e. The molecule has 0 spiro atoms. The van der Waals surface area contributed by atoms with Crippen LogP contribution >= 0.6 is 0 Å². The van der Waals surface area contributed by atoms with Gasteiger partial charge < -0.3 is 10.2 Å². The molecule has 0 saturated heterocycles. The maximum absolute atomic E-state index is 3.67. The van der Waals surface area contributed by atoms with E-state index in [2.05, 4.69) is 38.0 Å². The topological polar surface area (TPSA) is 15.3 Å². The highest BCUT2D eigenvalue weighted by Gasteiger charge is 2.21. The van der Waals surface area contributed by atoms with Gasteiger partial charge in [-0.2, -0.15) is 0 Å². The summed E-state index contributed by atoms with van der Waals surface area (Å²) in [6.07, 6.45) is 5.61. The Hall–Kier alpha value is -0.0800. The van der Waals surface area contributed by atoms with Gasteiger partial charge in [0.15, 0.2) is 0 Å². The molecule has 0 aromatic rings. The van der Waals surface area contributed by atoms with E-state index in [9.17, 15) is 0 Å². The van der Waals surface area contributed by atoms with Gasteiger partial charge in [0.1, 0.15) is 0 Å². The molecular formula is C14H30N2. The molecule has 0 radical (unpaired) electrons. The predicted octanol–water partition coefficient (Wildman–Crippen LogP) is 2.74. The molecule has 0 aromatic heterocycles. The van der Waals surface area contributed by atoms with E-state index in [1.165, 1.54) is 38.8 Å². The minimum atomic E-state index is 0.657. The summed E-state index contributed by atoms with van der Waals surface area (Å²) < 4.78 is 0. The van der Waals surface area contributed by atoms with Gasteiger partial charge in [-0.15, -0.1) is 0 Å². The second-order valence-electron chi connectivity index (χ2n) is 5.82. The molecule has 0 heterocycles. The number of hydrogen-bond acceptors (Lipinski definition) is 2. The van der Waals surface area contributed by atoms with Gasteiger partial charge >= 0.3 is 0 Å². The Labute approximate surface area is 102 Å². The summed E-state index contributed by atoms with van der Waals surface area (Å²) in [4.78, 5) is 2.52. The third-order valence-corrected chi connectivity index (χ3v) is 3.76. The molecule has 1 unspecified atom stereocenters. The van der Waals surface area contributed by atoms with Crippen molar-refractivity contribution in [3.8, 4) is 0 Å². The van der Waals surface area contributed by atoms with Crippen LogP contribution in [0, 0.1) is 11.8 Å². The highest BCUT2D eigenvalue weighted by molar-refractivity contribution is 4.77. The first-order valence-electron chi connectivity index (χ1n) is 7.05. The van der Waals surface area contributed by atoms with Gasteiger partial charge in [0.2, 0.25) is 0 Å². The Bertz CT molecular complexity index is 176. The van der Waals surface area contributed by atoms with Gasteiger partial charge in [-0.3, -0.25) is 0 Å². The van der Waals surface area contributed by atoms with E-state index in [4.69, 9.17) is 0 Å². The summed E-state index contributed by atoms with van der Waals surface area (Å²) in [7, 11) is 2.28. The third kappa shape index (κ3) is 4.84. The molecule has 1 rings (SSSR count). The van der Waals surface area contributed by atoms with Gasteiger partial charge in [0.05, 0.1) is 0 Å². The summed E-state index contributed by atoms with van der Waals surface area (Å²) in [6, 6.07) is 0.657. The van der Waals surface area contributed by atoms with Gasteiger partial charge in [0, 0.05) is 19.1 Å². The van der Waals surface area contributed by atoms with E-state index >= 15 is 0 Å². The van der Waals surface area contributed by atoms with Crippen LogP contribution in [0.5, 0.6) is 0 Å². The molecule has 1 aliphatic carbocycles. The molecule has 2 nitrogen and oxygen atoms in total. The highest BCUT2D eigenvalue weighted by atomic mass is 15.1. The average Bonchev–Trinajstić information content (AvgIpc) is 2.18. The quantitative estimate of drug-likeness (QED) is 0.684. The Balaban J connectivity index is 2.22. The van der Waals surface area contributed by atoms with E-state index in [0.717, 1.165) is 18.4 Å². The molecule has 1 aliphatic rings. The molecule has 1 saturated carbocycles. The van der Waals surface area contributed by atoms with Crippen molar-refractivity contribution < 1.29 is 0 Å². The highest BCUT2D eigenvalue weighted by Crippen LogP contribution is 2.26. The second-order valence-corrected chi connectivity index (χ2v) is 5.82. The molecule has 2 heteroatoms. The van der Waals surface area contributed by atoms with Crippen molar-refractivity contribution in [3.63, 3.8) is 0 Å². The van der Waals surface area contributed by atoms with Crippen LogP contribution in [0.15, 0.2) is 0 Å². The lowest BCUT2D eigenvalue weighted by molar-refractivity contribution is 0.180. The smallest absolute Gasteiger partial charge is 0.0217 e. The van der Waals surface area contributed by atoms with E-state index in [1.807, 2.05) is 0 Å². The first kappa shape index (κ1) is 14.0. The number of hydrogen-bond donors (Lipinski definition) is 1. The molecule has 0 aliphatic heterocycles. The maximum atomic E-state index is 3.67.